The molecule has 19 heavy (non-hydrogen) atoms. The lowest BCUT2D eigenvalue weighted by molar-refractivity contribution is -0.131. The number of fused-ring (bicyclic) bond motifs is 1. The second-order valence-electron chi connectivity index (χ2n) is 5.39. The number of benzene rings is 1. The zero-order chi connectivity index (χ0) is 13.4. The number of esters is 1. The molecule has 2 unspecified atom stereocenters. The Morgan fingerprint density at radius 1 is 1.37 bits per heavy atom. The molecule has 1 saturated carbocycles. The first kappa shape index (κ1) is 12.2. The van der Waals surface area contributed by atoms with Crippen LogP contribution in [0.5, 0.6) is 0 Å². The Labute approximate surface area is 112 Å². The highest BCUT2D eigenvalue weighted by atomic mass is 16.5. The Morgan fingerprint density at radius 2 is 2.11 bits per heavy atom. The summed E-state index contributed by atoms with van der Waals surface area (Å²) < 4.78 is 5.22. The number of amides is 1. The van der Waals surface area contributed by atoms with Crippen LogP contribution in [0.2, 0.25) is 0 Å². The number of ether oxygens (including phenoxy) is 1. The quantitative estimate of drug-likeness (QED) is 0.840. The Morgan fingerprint density at radius 3 is 2.84 bits per heavy atom. The van der Waals surface area contributed by atoms with Gasteiger partial charge in [-0.2, -0.15) is 0 Å². The van der Waals surface area contributed by atoms with Crippen molar-refractivity contribution < 1.29 is 14.3 Å². The smallest absolute Gasteiger partial charge is 0.339 e. The van der Waals surface area contributed by atoms with Crippen molar-refractivity contribution in [1.29, 1.82) is 0 Å². The summed E-state index contributed by atoms with van der Waals surface area (Å²) in [6, 6.07) is 7.46. The van der Waals surface area contributed by atoms with Gasteiger partial charge in [-0.05, 0) is 37.3 Å². The maximum absolute atomic E-state index is 12.1. The van der Waals surface area contributed by atoms with E-state index in [0.29, 0.717) is 17.9 Å². The van der Waals surface area contributed by atoms with Crippen molar-refractivity contribution in [1.82, 2.24) is 5.32 Å². The number of nitrogens with one attached hydrogen (secondary N) is 1. The molecule has 4 heteroatoms. The van der Waals surface area contributed by atoms with Crippen LogP contribution in [0.3, 0.4) is 0 Å². The molecular weight excluding hydrogens is 242 g/mol. The second kappa shape index (κ2) is 4.68. The van der Waals surface area contributed by atoms with Gasteiger partial charge in [-0.15, -0.1) is 0 Å². The van der Waals surface area contributed by atoms with Crippen molar-refractivity contribution in [3.8, 4) is 0 Å². The van der Waals surface area contributed by atoms with Crippen LogP contribution in [-0.4, -0.2) is 24.0 Å². The first-order chi connectivity index (χ1) is 9.15. The fourth-order valence-corrected chi connectivity index (χ4v) is 2.51. The molecule has 1 aliphatic heterocycles. The molecule has 1 aliphatic carbocycles. The minimum absolute atomic E-state index is 0.170. The van der Waals surface area contributed by atoms with Gasteiger partial charge in [0.25, 0.3) is 5.91 Å². The van der Waals surface area contributed by atoms with Crippen LogP contribution in [0.1, 0.15) is 35.7 Å². The third-order valence-corrected chi connectivity index (χ3v) is 3.88. The largest absolute Gasteiger partial charge is 0.448 e. The minimum Gasteiger partial charge on any atom is -0.448 e. The molecule has 4 nitrogen and oxygen atoms in total. The van der Waals surface area contributed by atoms with Crippen LogP contribution in [0, 0.1) is 5.92 Å². The number of carbonyl (C=O) groups excluding carboxylic acids is 2. The van der Waals surface area contributed by atoms with Crippen molar-refractivity contribution in [3.63, 3.8) is 0 Å². The molecule has 2 atom stereocenters. The lowest BCUT2D eigenvalue weighted by Crippen LogP contribution is -2.45. The Bertz CT molecular complexity index is 522. The van der Waals surface area contributed by atoms with Gasteiger partial charge >= 0.3 is 5.97 Å². The van der Waals surface area contributed by atoms with Crippen LogP contribution < -0.4 is 5.32 Å². The van der Waals surface area contributed by atoms with E-state index in [4.69, 9.17) is 4.74 Å². The molecule has 0 spiro atoms. The predicted octanol–water partition coefficient (Wildman–Crippen LogP) is 1.68. The summed E-state index contributed by atoms with van der Waals surface area (Å²) in [6.45, 7) is 2.01. The van der Waals surface area contributed by atoms with Crippen molar-refractivity contribution in [2.75, 3.05) is 0 Å². The Balaban J connectivity index is 1.70. The summed E-state index contributed by atoms with van der Waals surface area (Å²) in [7, 11) is 0. The topological polar surface area (TPSA) is 55.4 Å². The monoisotopic (exact) mass is 259 g/mol. The Kier molecular flexibility index (Phi) is 3.01. The van der Waals surface area contributed by atoms with Gasteiger partial charge in [0.05, 0.1) is 5.56 Å². The average molecular weight is 259 g/mol. The van der Waals surface area contributed by atoms with E-state index in [2.05, 4.69) is 5.32 Å². The zero-order valence-corrected chi connectivity index (χ0v) is 10.9. The average Bonchev–Trinajstić information content (AvgIpc) is 3.23. The van der Waals surface area contributed by atoms with Crippen molar-refractivity contribution >= 4 is 11.9 Å². The molecular formula is C15H17NO3. The van der Waals surface area contributed by atoms with Crippen molar-refractivity contribution in [2.45, 2.75) is 38.3 Å². The third kappa shape index (κ3) is 2.48. The minimum atomic E-state index is -0.691. The standard InChI is InChI=1S/C15H17NO3/c1-9(10-6-7-10)16-14(17)13-8-11-4-2-3-5-12(11)15(18)19-13/h2-5,9-10,13H,6-8H2,1H3,(H,16,17). The lowest BCUT2D eigenvalue weighted by Gasteiger charge is -2.25. The van der Waals surface area contributed by atoms with Gasteiger partial charge in [-0.1, -0.05) is 18.2 Å². The van der Waals surface area contributed by atoms with Crippen LogP contribution >= 0.6 is 0 Å². The lowest BCUT2D eigenvalue weighted by atomic mass is 9.98. The summed E-state index contributed by atoms with van der Waals surface area (Å²) in [6.07, 6.45) is 2.12. The van der Waals surface area contributed by atoms with Gasteiger partial charge in [0, 0.05) is 12.5 Å². The van der Waals surface area contributed by atoms with E-state index in [0.717, 1.165) is 5.56 Å². The normalized spacial score (nSPS) is 23.2. The molecule has 0 bridgehead atoms. The highest BCUT2D eigenvalue weighted by Gasteiger charge is 2.34. The van der Waals surface area contributed by atoms with Crippen molar-refractivity contribution in [3.05, 3.63) is 35.4 Å². The second-order valence-corrected chi connectivity index (χ2v) is 5.39. The first-order valence-corrected chi connectivity index (χ1v) is 6.74. The molecule has 1 amide bonds. The van der Waals surface area contributed by atoms with Gasteiger partial charge in [0.15, 0.2) is 6.10 Å². The first-order valence-electron chi connectivity index (χ1n) is 6.74. The summed E-state index contributed by atoms with van der Waals surface area (Å²) in [5.74, 6) is 0.0128. The fourth-order valence-electron chi connectivity index (χ4n) is 2.51. The number of rotatable bonds is 3. The number of hydrogen-bond donors (Lipinski definition) is 1. The van der Waals surface area contributed by atoms with E-state index in [1.165, 1.54) is 12.8 Å². The van der Waals surface area contributed by atoms with Gasteiger partial charge in [0.2, 0.25) is 0 Å². The number of carbonyl (C=O) groups is 2. The molecule has 3 rings (SSSR count). The van der Waals surface area contributed by atoms with E-state index in [9.17, 15) is 9.59 Å². The van der Waals surface area contributed by atoms with Gasteiger partial charge < -0.3 is 10.1 Å². The molecule has 1 fully saturated rings. The highest BCUT2D eigenvalue weighted by Crippen LogP contribution is 2.32. The molecule has 1 heterocycles. The van der Waals surface area contributed by atoms with Gasteiger partial charge in [-0.3, -0.25) is 4.79 Å². The SMILES string of the molecule is CC(NC(=O)C1Cc2ccccc2C(=O)O1)C1CC1. The van der Waals surface area contributed by atoms with Gasteiger partial charge in [0.1, 0.15) is 0 Å². The van der Waals surface area contributed by atoms with Crippen LogP contribution in [0.25, 0.3) is 0 Å². The summed E-state index contributed by atoms with van der Waals surface area (Å²) in [4.78, 5) is 23.9. The van der Waals surface area contributed by atoms with E-state index in [1.807, 2.05) is 19.1 Å². The van der Waals surface area contributed by atoms with E-state index in [1.54, 1.807) is 12.1 Å². The molecule has 0 aromatic heterocycles. The van der Waals surface area contributed by atoms with Crippen molar-refractivity contribution in [2.24, 2.45) is 5.92 Å². The summed E-state index contributed by atoms with van der Waals surface area (Å²) in [5, 5.41) is 2.95. The molecule has 100 valence electrons. The molecule has 0 radical (unpaired) electrons. The van der Waals surface area contributed by atoms with Gasteiger partial charge in [-0.25, -0.2) is 4.79 Å². The molecule has 1 aromatic rings. The summed E-state index contributed by atoms with van der Waals surface area (Å²) >= 11 is 0. The molecule has 0 saturated heterocycles. The number of cyclic esters (lactones) is 1. The van der Waals surface area contributed by atoms with E-state index in [-0.39, 0.29) is 11.9 Å². The van der Waals surface area contributed by atoms with E-state index >= 15 is 0 Å². The zero-order valence-electron chi connectivity index (χ0n) is 10.9. The molecule has 1 N–H and O–H groups in total. The highest BCUT2D eigenvalue weighted by molar-refractivity contribution is 5.95. The van der Waals surface area contributed by atoms with Crippen LogP contribution in [0.4, 0.5) is 0 Å². The predicted molar refractivity (Wildman–Crippen MR) is 69.7 cm³/mol. The Hall–Kier alpha value is -1.84. The van der Waals surface area contributed by atoms with E-state index < -0.39 is 12.1 Å². The molecule has 1 aromatic carbocycles. The summed E-state index contributed by atoms with van der Waals surface area (Å²) in [5.41, 5.74) is 1.46. The maximum Gasteiger partial charge on any atom is 0.339 e. The number of hydrogen-bond acceptors (Lipinski definition) is 3. The fraction of sp³-hybridized carbons (Fsp3) is 0.467. The third-order valence-electron chi connectivity index (χ3n) is 3.88. The maximum atomic E-state index is 12.1. The molecule has 2 aliphatic rings. The van der Waals surface area contributed by atoms with Crippen LogP contribution in [-0.2, 0) is 16.0 Å². The van der Waals surface area contributed by atoms with Crippen LogP contribution in [0.15, 0.2) is 24.3 Å².